The summed E-state index contributed by atoms with van der Waals surface area (Å²) < 4.78 is 27.5. The van der Waals surface area contributed by atoms with Crippen molar-refractivity contribution in [2.24, 2.45) is 11.8 Å². The molecule has 1 aliphatic rings. The molecule has 3 aromatic carbocycles. The van der Waals surface area contributed by atoms with Gasteiger partial charge in [-0.05, 0) is 83.9 Å². The lowest BCUT2D eigenvalue weighted by Crippen LogP contribution is -2.15. The summed E-state index contributed by atoms with van der Waals surface area (Å²) in [6.07, 6.45) is 11.3. The first kappa shape index (κ1) is 24.0. The molecule has 0 radical (unpaired) electrons. The normalized spacial score (nSPS) is 18.4. The molecule has 0 bridgehead atoms. The van der Waals surface area contributed by atoms with Crippen molar-refractivity contribution in [1.29, 1.82) is 0 Å². The Kier molecular flexibility index (Phi) is 8.20. The Morgan fingerprint density at radius 1 is 0.667 bits per heavy atom. The van der Waals surface area contributed by atoms with Gasteiger partial charge in [-0.1, -0.05) is 92.7 Å². The maximum Gasteiger partial charge on any atom is 0.145 e. The van der Waals surface area contributed by atoms with Crippen molar-refractivity contribution in [2.45, 2.75) is 64.7 Å². The van der Waals surface area contributed by atoms with Gasteiger partial charge in [0.2, 0.25) is 0 Å². The second kappa shape index (κ2) is 11.3. The highest BCUT2D eigenvalue weighted by molar-refractivity contribution is 6.31. The summed E-state index contributed by atoms with van der Waals surface area (Å²) in [6, 6.07) is 19.8. The molecule has 33 heavy (non-hydrogen) atoms. The zero-order valence-electron chi connectivity index (χ0n) is 19.4. The molecule has 3 heteroatoms. The van der Waals surface area contributed by atoms with Gasteiger partial charge in [-0.15, -0.1) is 0 Å². The molecule has 0 unspecified atom stereocenters. The molecule has 1 aliphatic carbocycles. The van der Waals surface area contributed by atoms with E-state index < -0.39 is 16.7 Å². The van der Waals surface area contributed by atoms with E-state index in [4.69, 9.17) is 11.6 Å². The Morgan fingerprint density at radius 2 is 1.09 bits per heavy atom. The number of aryl methyl sites for hydroxylation is 3. The summed E-state index contributed by atoms with van der Waals surface area (Å²) in [4.78, 5) is 0. The predicted molar refractivity (Wildman–Crippen MR) is 135 cm³/mol. The molecule has 0 N–H and O–H groups in total. The minimum Gasteiger partial charge on any atom is -0.205 e. The van der Waals surface area contributed by atoms with Crippen molar-refractivity contribution in [3.8, 4) is 11.1 Å². The van der Waals surface area contributed by atoms with E-state index in [0.717, 1.165) is 30.2 Å². The second-order valence-electron chi connectivity index (χ2n) is 9.58. The third kappa shape index (κ3) is 6.44. The molecular formula is C30H33ClF2. The quantitative estimate of drug-likeness (QED) is 0.290. The maximum absolute atomic E-state index is 13.7. The monoisotopic (exact) mass is 466 g/mol. The van der Waals surface area contributed by atoms with E-state index in [1.807, 2.05) is 12.1 Å². The molecular weight excluding hydrogens is 434 g/mol. The molecule has 174 valence electrons. The SMILES string of the molecule is CCc1ccc(CCC2CCC(CCc3ccc(-c4cc(F)c(Cl)c(F)c4)cc3)CC2)cc1. The Balaban J connectivity index is 1.21. The van der Waals surface area contributed by atoms with E-state index in [1.165, 1.54) is 73.8 Å². The van der Waals surface area contributed by atoms with Crippen molar-refractivity contribution in [1.82, 2.24) is 0 Å². The Bertz CT molecular complexity index is 1010. The Morgan fingerprint density at radius 3 is 1.55 bits per heavy atom. The molecule has 0 aromatic heterocycles. The van der Waals surface area contributed by atoms with Crippen molar-refractivity contribution in [2.75, 3.05) is 0 Å². The van der Waals surface area contributed by atoms with Crippen LogP contribution in [0, 0.1) is 23.5 Å². The first-order chi connectivity index (χ1) is 16.0. The van der Waals surface area contributed by atoms with E-state index in [-0.39, 0.29) is 0 Å². The smallest absolute Gasteiger partial charge is 0.145 e. The maximum atomic E-state index is 13.7. The van der Waals surface area contributed by atoms with Gasteiger partial charge < -0.3 is 0 Å². The molecule has 0 aliphatic heterocycles. The molecule has 1 fully saturated rings. The van der Waals surface area contributed by atoms with Gasteiger partial charge in [-0.2, -0.15) is 0 Å². The summed E-state index contributed by atoms with van der Waals surface area (Å²) in [7, 11) is 0. The number of hydrogen-bond donors (Lipinski definition) is 0. The number of rotatable bonds is 8. The second-order valence-corrected chi connectivity index (χ2v) is 9.96. The third-order valence-corrected chi connectivity index (χ3v) is 7.71. The van der Waals surface area contributed by atoms with E-state index >= 15 is 0 Å². The zero-order valence-corrected chi connectivity index (χ0v) is 20.2. The summed E-state index contributed by atoms with van der Waals surface area (Å²) in [6.45, 7) is 2.20. The van der Waals surface area contributed by atoms with Crippen LogP contribution in [0.1, 0.15) is 62.1 Å². The van der Waals surface area contributed by atoms with E-state index in [1.54, 1.807) is 0 Å². The summed E-state index contributed by atoms with van der Waals surface area (Å²) in [5.41, 5.74) is 5.49. The minimum atomic E-state index is -0.722. The number of benzene rings is 3. The Labute approximate surface area is 202 Å². The Hall–Kier alpha value is -2.19. The fourth-order valence-corrected chi connectivity index (χ4v) is 5.19. The van der Waals surface area contributed by atoms with Crippen LogP contribution >= 0.6 is 11.6 Å². The molecule has 0 nitrogen and oxygen atoms in total. The van der Waals surface area contributed by atoms with Crippen molar-refractivity contribution in [3.63, 3.8) is 0 Å². The molecule has 0 amide bonds. The predicted octanol–water partition coefficient (Wildman–Crippen LogP) is 9.22. The molecule has 0 heterocycles. The van der Waals surface area contributed by atoms with Gasteiger partial charge in [0.05, 0.1) is 0 Å². The lowest BCUT2D eigenvalue weighted by atomic mass is 9.77. The average molecular weight is 467 g/mol. The van der Waals surface area contributed by atoms with E-state index in [2.05, 4.69) is 43.3 Å². The van der Waals surface area contributed by atoms with Crippen molar-refractivity contribution < 1.29 is 8.78 Å². The first-order valence-corrected chi connectivity index (χ1v) is 12.7. The average Bonchev–Trinajstić information content (AvgIpc) is 2.85. The van der Waals surface area contributed by atoms with Gasteiger partial charge in [0.25, 0.3) is 0 Å². The molecule has 0 spiro atoms. The van der Waals surface area contributed by atoms with Gasteiger partial charge in [0.15, 0.2) is 0 Å². The largest absolute Gasteiger partial charge is 0.205 e. The lowest BCUT2D eigenvalue weighted by molar-refractivity contribution is 0.253. The topological polar surface area (TPSA) is 0 Å². The van der Waals surface area contributed by atoms with Crippen LogP contribution in [0.15, 0.2) is 60.7 Å². The fourth-order valence-electron chi connectivity index (χ4n) is 5.08. The molecule has 4 rings (SSSR count). The van der Waals surface area contributed by atoms with Crippen LogP contribution in [0.3, 0.4) is 0 Å². The van der Waals surface area contributed by atoms with E-state index in [9.17, 15) is 8.78 Å². The molecule has 1 saturated carbocycles. The van der Waals surface area contributed by atoms with Crippen LogP contribution in [0.25, 0.3) is 11.1 Å². The van der Waals surface area contributed by atoms with Gasteiger partial charge >= 0.3 is 0 Å². The van der Waals surface area contributed by atoms with Crippen LogP contribution in [-0.2, 0) is 19.3 Å². The highest BCUT2D eigenvalue weighted by Crippen LogP contribution is 2.34. The molecule has 0 saturated heterocycles. The number of halogens is 3. The third-order valence-electron chi connectivity index (χ3n) is 7.35. The van der Waals surface area contributed by atoms with Crippen LogP contribution in [-0.4, -0.2) is 0 Å². The summed E-state index contributed by atoms with van der Waals surface area (Å²) >= 11 is 5.59. The van der Waals surface area contributed by atoms with Gasteiger partial charge in [-0.3, -0.25) is 0 Å². The van der Waals surface area contributed by atoms with Crippen LogP contribution in [0.5, 0.6) is 0 Å². The number of hydrogen-bond acceptors (Lipinski definition) is 0. The van der Waals surface area contributed by atoms with Crippen molar-refractivity contribution >= 4 is 11.6 Å². The van der Waals surface area contributed by atoms with Gasteiger partial charge in [-0.25, -0.2) is 8.78 Å². The van der Waals surface area contributed by atoms with Crippen molar-refractivity contribution in [3.05, 3.63) is 94.0 Å². The van der Waals surface area contributed by atoms with Crippen LogP contribution in [0.2, 0.25) is 5.02 Å². The van der Waals surface area contributed by atoms with Crippen LogP contribution in [0.4, 0.5) is 8.78 Å². The lowest BCUT2D eigenvalue weighted by Gasteiger charge is -2.28. The zero-order chi connectivity index (χ0) is 23.2. The standard InChI is InChI=1S/C30H33ClF2/c1-2-21-3-5-22(6-4-21)7-8-23-9-11-24(12-10-23)13-14-25-15-17-26(18-16-25)27-19-28(32)30(31)29(33)20-27/h3-6,15-20,23-24H,2,7-14H2,1H3. The highest BCUT2D eigenvalue weighted by Gasteiger charge is 2.21. The first-order valence-electron chi connectivity index (χ1n) is 12.3. The van der Waals surface area contributed by atoms with Gasteiger partial charge in [0, 0.05) is 0 Å². The summed E-state index contributed by atoms with van der Waals surface area (Å²) in [5, 5.41) is -0.448. The fraction of sp³-hybridized carbons (Fsp3) is 0.400. The molecule has 0 atom stereocenters. The summed E-state index contributed by atoms with van der Waals surface area (Å²) in [5.74, 6) is 0.234. The molecule has 3 aromatic rings. The van der Waals surface area contributed by atoms with E-state index in [0.29, 0.717) is 5.56 Å². The minimum absolute atomic E-state index is 0.448. The van der Waals surface area contributed by atoms with Gasteiger partial charge in [0.1, 0.15) is 16.7 Å². The van der Waals surface area contributed by atoms with Crippen LogP contribution < -0.4 is 0 Å². The highest BCUT2D eigenvalue weighted by atomic mass is 35.5.